The van der Waals surface area contributed by atoms with E-state index in [1.807, 2.05) is 30.3 Å². The van der Waals surface area contributed by atoms with Crippen LogP contribution in [-0.2, 0) is 6.42 Å². The van der Waals surface area contributed by atoms with Gasteiger partial charge in [-0.1, -0.05) is 26.0 Å². The van der Waals surface area contributed by atoms with E-state index in [0.717, 1.165) is 44.8 Å². The van der Waals surface area contributed by atoms with Crippen LogP contribution in [0.25, 0.3) is 0 Å². The highest BCUT2D eigenvalue weighted by atomic mass is 16.1. The van der Waals surface area contributed by atoms with Crippen molar-refractivity contribution in [3.8, 4) is 0 Å². The number of hydrogen-bond donors (Lipinski definition) is 1. The predicted molar refractivity (Wildman–Crippen MR) is 109 cm³/mol. The summed E-state index contributed by atoms with van der Waals surface area (Å²) in [5, 5.41) is 3.02. The molecule has 1 N–H and O–H groups in total. The van der Waals surface area contributed by atoms with Crippen molar-refractivity contribution in [2.45, 2.75) is 27.2 Å². The molecule has 0 radical (unpaired) electrons. The van der Waals surface area contributed by atoms with Crippen molar-refractivity contribution in [2.75, 3.05) is 42.9 Å². The summed E-state index contributed by atoms with van der Waals surface area (Å²) in [6.07, 6.45) is 0.981. The summed E-state index contributed by atoms with van der Waals surface area (Å²) in [6.45, 7) is 11.9. The first-order chi connectivity index (χ1) is 12.6. The highest BCUT2D eigenvalue weighted by Gasteiger charge is 2.17. The van der Waals surface area contributed by atoms with E-state index in [0.29, 0.717) is 5.56 Å². The van der Waals surface area contributed by atoms with Crippen LogP contribution in [0.2, 0.25) is 0 Å². The minimum atomic E-state index is -0.0589. The smallest absolute Gasteiger partial charge is 0.255 e. The molecule has 0 atom stereocenters. The van der Waals surface area contributed by atoms with Gasteiger partial charge in [-0.25, -0.2) is 0 Å². The topological polar surface area (TPSA) is 35.6 Å². The standard InChI is InChI=1S/C22H29N3O/c1-4-18-6-8-19(9-7-18)22(26)23-20-10-11-21(17(3)16-20)25-14-12-24(5-2)13-15-25/h6-11,16H,4-5,12-15H2,1-3H3,(H,23,26). The third kappa shape index (κ3) is 4.25. The quantitative estimate of drug-likeness (QED) is 0.886. The van der Waals surface area contributed by atoms with Gasteiger partial charge in [0, 0.05) is 43.1 Å². The number of benzene rings is 2. The normalized spacial score (nSPS) is 15.1. The van der Waals surface area contributed by atoms with E-state index in [9.17, 15) is 4.79 Å². The monoisotopic (exact) mass is 351 g/mol. The van der Waals surface area contributed by atoms with E-state index in [4.69, 9.17) is 0 Å². The molecule has 0 saturated carbocycles. The highest BCUT2D eigenvalue weighted by molar-refractivity contribution is 6.04. The molecule has 3 rings (SSSR count). The first-order valence-corrected chi connectivity index (χ1v) is 9.59. The van der Waals surface area contributed by atoms with E-state index in [2.05, 4.69) is 48.0 Å². The highest BCUT2D eigenvalue weighted by Crippen LogP contribution is 2.25. The lowest BCUT2D eigenvalue weighted by atomic mass is 10.1. The van der Waals surface area contributed by atoms with Crippen LogP contribution in [-0.4, -0.2) is 43.5 Å². The molecule has 2 aromatic rings. The number of rotatable bonds is 5. The van der Waals surface area contributed by atoms with Crippen LogP contribution < -0.4 is 10.2 Å². The minimum Gasteiger partial charge on any atom is -0.369 e. The fourth-order valence-electron chi connectivity index (χ4n) is 3.49. The Morgan fingerprint density at radius 1 is 1.00 bits per heavy atom. The molecule has 1 heterocycles. The number of aryl methyl sites for hydroxylation is 2. The SMILES string of the molecule is CCc1ccc(C(=O)Nc2ccc(N3CCN(CC)CC3)c(C)c2)cc1. The van der Waals surface area contributed by atoms with Crippen LogP contribution >= 0.6 is 0 Å². The lowest BCUT2D eigenvalue weighted by Crippen LogP contribution is -2.46. The summed E-state index contributed by atoms with van der Waals surface area (Å²) in [5.41, 5.74) is 5.26. The van der Waals surface area contributed by atoms with Crippen LogP contribution in [0.3, 0.4) is 0 Å². The molecule has 0 bridgehead atoms. The van der Waals surface area contributed by atoms with Crippen molar-refractivity contribution in [2.24, 2.45) is 0 Å². The van der Waals surface area contributed by atoms with Crippen molar-refractivity contribution in [3.63, 3.8) is 0 Å². The predicted octanol–water partition coefficient (Wildman–Crippen LogP) is 3.95. The molecule has 1 saturated heterocycles. The van der Waals surface area contributed by atoms with Crippen molar-refractivity contribution in [1.29, 1.82) is 0 Å². The summed E-state index contributed by atoms with van der Waals surface area (Å²) < 4.78 is 0. The van der Waals surface area contributed by atoms with E-state index < -0.39 is 0 Å². The maximum Gasteiger partial charge on any atom is 0.255 e. The van der Waals surface area contributed by atoms with Gasteiger partial charge in [0.2, 0.25) is 0 Å². The number of anilines is 2. The fourth-order valence-corrected chi connectivity index (χ4v) is 3.49. The summed E-state index contributed by atoms with van der Waals surface area (Å²) in [7, 11) is 0. The van der Waals surface area contributed by atoms with Crippen LogP contribution in [0.1, 0.15) is 35.3 Å². The summed E-state index contributed by atoms with van der Waals surface area (Å²) in [4.78, 5) is 17.4. The van der Waals surface area contributed by atoms with E-state index in [1.54, 1.807) is 0 Å². The number of likely N-dealkylation sites (N-methyl/N-ethyl adjacent to an activating group) is 1. The molecule has 0 aromatic heterocycles. The van der Waals surface area contributed by atoms with Gasteiger partial charge in [0.1, 0.15) is 0 Å². The van der Waals surface area contributed by atoms with Gasteiger partial charge in [0.05, 0.1) is 0 Å². The Bertz CT molecular complexity index is 746. The average molecular weight is 351 g/mol. The van der Waals surface area contributed by atoms with Crippen molar-refractivity contribution >= 4 is 17.3 Å². The third-order valence-corrected chi connectivity index (χ3v) is 5.24. The zero-order valence-corrected chi connectivity index (χ0v) is 16.1. The Kier molecular flexibility index (Phi) is 5.94. The molecule has 0 unspecified atom stereocenters. The van der Waals surface area contributed by atoms with Crippen molar-refractivity contribution in [1.82, 2.24) is 4.90 Å². The minimum absolute atomic E-state index is 0.0589. The number of carbonyl (C=O) groups is 1. The fraction of sp³-hybridized carbons (Fsp3) is 0.409. The number of amides is 1. The van der Waals surface area contributed by atoms with Gasteiger partial charge in [-0.15, -0.1) is 0 Å². The van der Waals surface area contributed by atoms with Crippen molar-refractivity contribution in [3.05, 3.63) is 59.2 Å². The van der Waals surface area contributed by atoms with Crippen molar-refractivity contribution < 1.29 is 4.79 Å². The molecule has 2 aromatic carbocycles. The molecule has 1 aliphatic rings. The Labute approximate surface area is 156 Å². The Morgan fingerprint density at radius 2 is 1.69 bits per heavy atom. The molecule has 1 fully saturated rings. The average Bonchev–Trinajstić information content (AvgIpc) is 2.68. The lowest BCUT2D eigenvalue weighted by Gasteiger charge is -2.36. The molecule has 1 aliphatic heterocycles. The molecule has 138 valence electrons. The molecule has 0 aliphatic carbocycles. The first kappa shape index (κ1) is 18.5. The maximum absolute atomic E-state index is 12.5. The molecule has 26 heavy (non-hydrogen) atoms. The molecule has 4 nitrogen and oxygen atoms in total. The van der Waals surface area contributed by atoms with Gasteiger partial charge < -0.3 is 15.1 Å². The zero-order valence-electron chi connectivity index (χ0n) is 16.1. The number of nitrogens with one attached hydrogen (secondary N) is 1. The van der Waals surface area contributed by atoms with Crippen LogP contribution in [0, 0.1) is 6.92 Å². The Balaban J connectivity index is 1.66. The van der Waals surface area contributed by atoms with Gasteiger partial charge in [-0.2, -0.15) is 0 Å². The van der Waals surface area contributed by atoms with E-state index in [1.165, 1.54) is 16.8 Å². The number of carbonyl (C=O) groups excluding carboxylic acids is 1. The van der Waals surface area contributed by atoms with Gasteiger partial charge in [0.25, 0.3) is 5.91 Å². The van der Waals surface area contributed by atoms with Crippen LogP contribution in [0.15, 0.2) is 42.5 Å². The molecular formula is C22H29N3O. The first-order valence-electron chi connectivity index (χ1n) is 9.59. The summed E-state index contributed by atoms with van der Waals surface area (Å²) in [6, 6.07) is 14.0. The number of piperazine rings is 1. The van der Waals surface area contributed by atoms with Gasteiger partial charge >= 0.3 is 0 Å². The van der Waals surface area contributed by atoms with Gasteiger partial charge in [0.15, 0.2) is 0 Å². The van der Waals surface area contributed by atoms with E-state index in [-0.39, 0.29) is 5.91 Å². The van der Waals surface area contributed by atoms with E-state index >= 15 is 0 Å². The Morgan fingerprint density at radius 3 is 2.27 bits per heavy atom. The molecule has 4 heteroatoms. The summed E-state index contributed by atoms with van der Waals surface area (Å²) in [5.74, 6) is -0.0589. The lowest BCUT2D eigenvalue weighted by molar-refractivity contribution is 0.102. The second-order valence-electron chi connectivity index (χ2n) is 6.93. The Hall–Kier alpha value is -2.33. The largest absolute Gasteiger partial charge is 0.369 e. The second kappa shape index (κ2) is 8.37. The molecular weight excluding hydrogens is 322 g/mol. The number of nitrogens with zero attached hydrogens (tertiary/aromatic N) is 2. The van der Waals surface area contributed by atoms with Crippen LogP contribution in [0.5, 0.6) is 0 Å². The summed E-state index contributed by atoms with van der Waals surface area (Å²) >= 11 is 0. The van der Waals surface area contributed by atoms with Gasteiger partial charge in [-0.3, -0.25) is 4.79 Å². The second-order valence-corrected chi connectivity index (χ2v) is 6.93. The maximum atomic E-state index is 12.5. The number of hydrogen-bond acceptors (Lipinski definition) is 3. The van der Waals surface area contributed by atoms with Gasteiger partial charge in [-0.05, 0) is 61.3 Å². The zero-order chi connectivity index (χ0) is 18.5. The van der Waals surface area contributed by atoms with Crippen LogP contribution in [0.4, 0.5) is 11.4 Å². The molecule has 1 amide bonds. The molecule has 0 spiro atoms. The third-order valence-electron chi connectivity index (χ3n) is 5.24.